The molecule has 18 heavy (non-hydrogen) atoms. The Labute approximate surface area is 115 Å². The largest absolute Gasteiger partial charge is 0.330 e. The van der Waals surface area contributed by atoms with Crippen LogP contribution in [-0.4, -0.2) is 11.5 Å². The van der Waals surface area contributed by atoms with Crippen LogP contribution in [0, 0.1) is 11.8 Å². The topological polar surface area (TPSA) is 38.9 Å². The van der Waals surface area contributed by atoms with Crippen molar-refractivity contribution in [2.75, 3.05) is 6.54 Å². The van der Waals surface area contributed by atoms with Gasteiger partial charge < -0.3 is 5.73 Å². The quantitative estimate of drug-likeness (QED) is 0.905. The Kier molecular flexibility index (Phi) is 4.44. The standard InChI is InChI=1S/C15H26N2S/c1-15(2,3)13-10-18-14(17-13)8-11-6-4-5-7-12(11)9-16/h10-12H,4-9,16H2,1-3H3. The maximum absolute atomic E-state index is 5.90. The van der Waals surface area contributed by atoms with Crippen molar-refractivity contribution >= 4 is 11.3 Å². The minimum Gasteiger partial charge on any atom is -0.330 e. The Balaban J connectivity index is 2.02. The lowest BCUT2D eigenvalue weighted by molar-refractivity contribution is 0.241. The number of thiazole rings is 1. The van der Waals surface area contributed by atoms with E-state index >= 15 is 0 Å². The molecule has 0 aromatic carbocycles. The zero-order valence-electron chi connectivity index (χ0n) is 11.9. The first-order valence-corrected chi connectivity index (χ1v) is 8.03. The van der Waals surface area contributed by atoms with Crippen LogP contribution in [0.5, 0.6) is 0 Å². The Morgan fingerprint density at radius 3 is 2.50 bits per heavy atom. The number of hydrogen-bond donors (Lipinski definition) is 1. The molecule has 2 N–H and O–H groups in total. The normalized spacial score (nSPS) is 25.3. The fraction of sp³-hybridized carbons (Fsp3) is 0.800. The summed E-state index contributed by atoms with van der Waals surface area (Å²) >= 11 is 1.83. The molecule has 1 heterocycles. The molecule has 2 atom stereocenters. The first-order chi connectivity index (χ1) is 8.50. The van der Waals surface area contributed by atoms with Crippen molar-refractivity contribution in [2.24, 2.45) is 17.6 Å². The molecule has 1 aliphatic carbocycles. The first-order valence-electron chi connectivity index (χ1n) is 7.15. The molecular weight excluding hydrogens is 240 g/mol. The molecule has 2 unspecified atom stereocenters. The van der Waals surface area contributed by atoms with Gasteiger partial charge in [-0.25, -0.2) is 4.98 Å². The van der Waals surface area contributed by atoms with Gasteiger partial charge in [0.2, 0.25) is 0 Å². The van der Waals surface area contributed by atoms with E-state index in [9.17, 15) is 0 Å². The highest BCUT2D eigenvalue weighted by Crippen LogP contribution is 2.33. The van der Waals surface area contributed by atoms with Crippen LogP contribution in [-0.2, 0) is 11.8 Å². The van der Waals surface area contributed by atoms with E-state index in [1.165, 1.54) is 36.4 Å². The molecular formula is C15H26N2S. The fourth-order valence-electron chi connectivity index (χ4n) is 2.84. The molecule has 0 spiro atoms. The van der Waals surface area contributed by atoms with Crippen molar-refractivity contribution in [1.82, 2.24) is 4.98 Å². The van der Waals surface area contributed by atoms with Gasteiger partial charge in [0.15, 0.2) is 0 Å². The molecule has 1 aromatic rings. The maximum Gasteiger partial charge on any atom is 0.0931 e. The summed E-state index contributed by atoms with van der Waals surface area (Å²) < 4.78 is 0. The maximum atomic E-state index is 5.90. The van der Waals surface area contributed by atoms with Crippen molar-refractivity contribution < 1.29 is 0 Å². The number of hydrogen-bond acceptors (Lipinski definition) is 3. The van der Waals surface area contributed by atoms with E-state index in [-0.39, 0.29) is 5.41 Å². The zero-order chi connectivity index (χ0) is 13.2. The summed E-state index contributed by atoms with van der Waals surface area (Å²) in [5.41, 5.74) is 7.32. The van der Waals surface area contributed by atoms with E-state index in [1.807, 2.05) is 11.3 Å². The highest BCUT2D eigenvalue weighted by Gasteiger charge is 2.26. The van der Waals surface area contributed by atoms with E-state index in [2.05, 4.69) is 26.2 Å². The Bertz CT molecular complexity index is 378. The highest BCUT2D eigenvalue weighted by atomic mass is 32.1. The van der Waals surface area contributed by atoms with E-state index in [0.717, 1.165) is 24.8 Å². The fourth-order valence-corrected chi connectivity index (χ4v) is 3.95. The minimum absolute atomic E-state index is 0.175. The lowest BCUT2D eigenvalue weighted by Gasteiger charge is -2.30. The molecule has 0 bridgehead atoms. The number of aromatic nitrogens is 1. The molecule has 2 rings (SSSR count). The van der Waals surface area contributed by atoms with Crippen molar-refractivity contribution in [3.63, 3.8) is 0 Å². The lowest BCUT2D eigenvalue weighted by Crippen LogP contribution is -2.28. The third-order valence-corrected chi connectivity index (χ3v) is 5.00. The molecule has 0 saturated heterocycles. The predicted octanol–water partition coefficient (Wildman–Crippen LogP) is 3.75. The summed E-state index contributed by atoms with van der Waals surface area (Å²) in [7, 11) is 0. The van der Waals surface area contributed by atoms with E-state index < -0.39 is 0 Å². The minimum atomic E-state index is 0.175. The summed E-state index contributed by atoms with van der Waals surface area (Å²) in [6.07, 6.45) is 6.54. The van der Waals surface area contributed by atoms with Crippen molar-refractivity contribution in [1.29, 1.82) is 0 Å². The van der Waals surface area contributed by atoms with Gasteiger partial charge in [-0.3, -0.25) is 0 Å². The second-order valence-corrected chi connectivity index (χ2v) is 7.56. The van der Waals surface area contributed by atoms with Crippen LogP contribution < -0.4 is 5.73 Å². The van der Waals surface area contributed by atoms with Crippen LogP contribution in [0.3, 0.4) is 0 Å². The summed E-state index contributed by atoms with van der Waals surface area (Å²) in [6.45, 7) is 7.54. The number of nitrogens with zero attached hydrogens (tertiary/aromatic N) is 1. The van der Waals surface area contributed by atoms with Crippen molar-refractivity contribution in [3.05, 3.63) is 16.1 Å². The van der Waals surface area contributed by atoms with Crippen LogP contribution in [0.1, 0.15) is 57.2 Å². The highest BCUT2D eigenvalue weighted by molar-refractivity contribution is 7.09. The molecule has 0 amide bonds. The second-order valence-electron chi connectivity index (χ2n) is 6.62. The zero-order valence-corrected chi connectivity index (χ0v) is 12.7. The first kappa shape index (κ1) is 14.0. The van der Waals surface area contributed by atoms with Gasteiger partial charge in [0.1, 0.15) is 0 Å². The molecule has 0 aliphatic heterocycles. The van der Waals surface area contributed by atoms with E-state index in [4.69, 9.17) is 10.7 Å². The Morgan fingerprint density at radius 2 is 1.94 bits per heavy atom. The molecule has 1 aromatic heterocycles. The number of rotatable bonds is 3. The molecule has 1 fully saturated rings. The van der Waals surface area contributed by atoms with Gasteiger partial charge in [-0.15, -0.1) is 11.3 Å². The molecule has 2 nitrogen and oxygen atoms in total. The van der Waals surface area contributed by atoms with Gasteiger partial charge in [0, 0.05) is 17.2 Å². The number of nitrogens with two attached hydrogens (primary N) is 1. The third-order valence-electron chi connectivity index (χ3n) is 4.13. The van der Waals surface area contributed by atoms with Crippen LogP contribution in [0.4, 0.5) is 0 Å². The summed E-state index contributed by atoms with van der Waals surface area (Å²) in [5, 5.41) is 3.54. The van der Waals surface area contributed by atoms with Gasteiger partial charge in [0.25, 0.3) is 0 Å². The van der Waals surface area contributed by atoms with Gasteiger partial charge >= 0.3 is 0 Å². The Hall–Kier alpha value is -0.410. The second kappa shape index (κ2) is 5.70. The SMILES string of the molecule is CC(C)(C)c1csc(CC2CCCCC2CN)n1. The van der Waals surface area contributed by atoms with Gasteiger partial charge in [-0.1, -0.05) is 33.6 Å². The van der Waals surface area contributed by atoms with E-state index in [0.29, 0.717) is 0 Å². The van der Waals surface area contributed by atoms with Crippen LogP contribution in [0.15, 0.2) is 5.38 Å². The Morgan fingerprint density at radius 1 is 1.28 bits per heavy atom. The smallest absolute Gasteiger partial charge is 0.0931 e. The summed E-state index contributed by atoms with van der Waals surface area (Å²) in [5.74, 6) is 1.49. The monoisotopic (exact) mass is 266 g/mol. The van der Waals surface area contributed by atoms with Gasteiger partial charge in [-0.05, 0) is 31.2 Å². The molecule has 3 heteroatoms. The summed E-state index contributed by atoms with van der Waals surface area (Å²) in [4.78, 5) is 4.82. The van der Waals surface area contributed by atoms with Crippen molar-refractivity contribution in [3.8, 4) is 0 Å². The molecule has 102 valence electrons. The van der Waals surface area contributed by atoms with Gasteiger partial charge in [0.05, 0.1) is 10.7 Å². The average Bonchev–Trinajstić information content (AvgIpc) is 2.78. The predicted molar refractivity (Wildman–Crippen MR) is 79.0 cm³/mol. The van der Waals surface area contributed by atoms with E-state index in [1.54, 1.807) is 0 Å². The molecule has 1 aliphatic rings. The van der Waals surface area contributed by atoms with Crippen molar-refractivity contribution in [2.45, 2.75) is 58.3 Å². The third kappa shape index (κ3) is 3.33. The molecule has 1 saturated carbocycles. The summed E-state index contributed by atoms with van der Waals surface area (Å²) in [6, 6.07) is 0. The van der Waals surface area contributed by atoms with Crippen LogP contribution >= 0.6 is 11.3 Å². The van der Waals surface area contributed by atoms with Gasteiger partial charge in [-0.2, -0.15) is 0 Å². The van der Waals surface area contributed by atoms with Crippen LogP contribution in [0.2, 0.25) is 0 Å². The van der Waals surface area contributed by atoms with Crippen LogP contribution in [0.25, 0.3) is 0 Å². The average molecular weight is 266 g/mol. The molecule has 0 radical (unpaired) electrons. The lowest BCUT2D eigenvalue weighted by atomic mass is 9.77.